The summed E-state index contributed by atoms with van der Waals surface area (Å²) in [7, 11) is 3.26. The maximum Gasteiger partial charge on any atom is 0.417 e. The average Bonchev–Trinajstić information content (AvgIpc) is 3.60. The van der Waals surface area contributed by atoms with Gasteiger partial charge < -0.3 is 25.0 Å². The molecule has 2 saturated heterocycles. The third-order valence-electron chi connectivity index (χ3n) is 10.1. The topological polar surface area (TPSA) is 115 Å². The highest BCUT2D eigenvalue weighted by molar-refractivity contribution is 6.34. The number of ether oxygens (including phenoxy) is 2. The number of nitrogens with zero attached hydrogens (tertiary/aromatic N) is 7. The number of hydrogen-bond acceptors (Lipinski definition) is 9. The first-order valence-electron chi connectivity index (χ1n) is 16.5. The van der Waals surface area contributed by atoms with Crippen LogP contribution in [0, 0.1) is 6.92 Å². The Morgan fingerprint density at radius 1 is 1.20 bits per heavy atom. The molecular formula is C33H39ClF4N8O3. The number of benzene rings is 1. The Labute approximate surface area is 286 Å². The van der Waals surface area contributed by atoms with Gasteiger partial charge in [0.1, 0.15) is 18.6 Å². The van der Waals surface area contributed by atoms with Gasteiger partial charge in [-0.1, -0.05) is 11.6 Å². The van der Waals surface area contributed by atoms with Crippen LogP contribution in [0.15, 0.2) is 12.1 Å². The zero-order valence-corrected chi connectivity index (χ0v) is 28.4. The highest BCUT2D eigenvalue weighted by atomic mass is 35.5. The van der Waals surface area contributed by atoms with E-state index in [-0.39, 0.29) is 65.6 Å². The number of halogens is 5. The van der Waals surface area contributed by atoms with Crippen LogP contribution in [0.4, 0.5) is 29.1 Å². The maximum atomic E-state index is 14.5. The number of anilines is 2. The van der Waals surface area contributed by atoms with Crippen LogP contribution in [0.5, 0.6) is 6.01 Å². The third-order valence-corrected chi connectivity index (χ3v) is 10.5. The van der Waals surface area contributed by atoms with E-state index in [0.717, 1.165) is 19.4 Å². The minimum Gasteiger partial charge on any atom is -0.461 e. The Morgan fingerprint density at radius 2 is 2.00 bits per heavy atom. The number of carbonyl (C=O) groups excluding carboxylic acids is 1. The van der Waals surface area contributed by atoms with Crippen molar-refractivity contribution in [3.63, 3.8) is 0 Å². The number of alkyl halides is 4. The Bertz CT molecular complexity index is 1790. The molecule has 264 valence electrons. The monoisotopic (exact) mass is 706 g/mol. The molecule has 4 aliphatic rings. The van der Waals surface area contributed by atoms with E-state index in [0.29, 0.717) is 55.2 Å². The minimum atomic E-state index is -4.62. The largest absolute Gasteiger partial charge is 0.461 e. The van der Waals surface area contributed by atoms with Gasteiger partial charge in [0.25, 0.3) is 5.91 Å². The molecule has 2 unspecified atom stereocenters. The molecule has 0 radical (unpaired) electrons. The summed E-state index contributed by atoms with van der Waals surface area (Å²) in [5.41, 5.74) is 6.87. The first kappa shape index (κ1) is 33.8. The number of aromatic nitrogens is 4. The van der Waals surface area contributed by atoms with E-state index in [4.69, 9.17) is 36.8 Å². The summed E-state index contributed by atoms with van der Waals surface area (Å²) in [4.78, 5) is 27.9. The molecule has 4 aliphatic heterocycles. The lowest BCUT2D eigenvalue weighted by Crippen LogP contribution is -2.43. The highest BCUT2D eigenvalue weighted by Gasteiger charge is 2.49. The van der Waals surface area contributed by atoms with Gasteiger partial charge in [-0.15, -0.1) is 0 Å². The number of fused-ring (bicyclic) bond motifs is 3. The average molecular weight is 707 g/mol. The molecular weight excluding hydrogens is 668 g/mol. The zero-order valence-electron chi connectivity index (χ0n) is 27.6. The van der Waals surface area contributed by atoms with Gasteiger partial charge in [-0.2, -0.15) is 28.2 Å². The smallest absolute Gasteiger partial charge is 0.417 e. The molecule has 3 aromatic rings. The first-order valence-corrected chi connectivity index (χ1v) is 16.8. The molecule has 7 rings (SSSR count). The van der Waals surface area contributed by atoms with E-state index in [1.165, 1.54) is 24.0 Å². The van der Waals surface area contributed by atoms with Crippen LogP contribution in [0.2, 0.25) is 5.02 Å². The van der Waals surface area contributed by atoms with Crippen molar-refractivity contribution in [1.29, 1.82) is 0 Å². The van der Waals surface area contributed by atoms with Gasteiger partial charge in [0.05, 0.1) is 46.8 Å². The van der Waals surface area contributed by atoms with Gasteiger partial charge in [-0.25, -0.2) is 4.39 Å². The quantitative estimate of drug-likeness (QED) is 0.276. The second kappa shape index (κ2) is 12.6. The SMILES string of the molecule is Cc1cc(N)cc(C2Cc3nc(OCC45CCCN4C[C@H](F)C5)nc(N4CCCn5nc(C(=O)N(C)C)c(Cl)c5C4)c3CO2)c1C(F)(F)F. The highest BCUT2D eigenvalue weighted by Crippen LogP contribution is 2.44. The fraction of sp³-hybridized carbons (Fsp3) is 0.576. The second-order valence-corrected chi connectivity index (χ2v) is 14.1. The number of rotatable bonds is 6. The summed E-state index contributed by atoms with van der Waals surface area (Å²) in [6.45, 7) is 3.97. The van der Waals surface area contributed by atoms with Crippen molar-refractivity contribution >= 4 is 29.0 Å². The molecule has 2 aromatic heterocycles. The molecule has 0 aliphatic carbocycles. The molecule has 0 spiro atoms. The van der Waals surface area contributed by atoms with E-state index in [1.54, 1.807) is 18.8 Å². The number of aryl methyl sites for hydroxylation is 2. The molecule has 1 aromatic carbocycles. The summed E-state index contributed by atoms with van der Waals surface area (Å²) in [6, 6.07) is 2.68. The van der Waals surface area contributed by atoms with E-state index in [2.05, 4.69) is 10.00 Å². The van der Waals surface area contributed by atoms with E-state index >= 15 is 0 Å². The second-order valence-electron chi connectivity index (χ2n) is 13.7. The molecule has 2 fully saturated rings. The lowest BCUT2D eigenvalue weighted by atomic mass is 9.92. The summed E-state index contributed by atoms with van der Waals surface area (Å²) in [5.74, 6) is 0.185. The van der Waals surface area contributed by atoms with Crippen LogP contribution in [0.3, 0.4) is 0 Å². The molecule has 0 saturated carbocycles. The first-order chi connectivity index (χ1) is 23.2. The van der Waals surface area contributed by atoms with Crippen molar-refractivity contribution in [1.82, 2.24) is 29.5 Å². The Balaban J connectivity index is 1.27. The van der Waals surface area contributed by atoms with Crippen LogP contribution in [-0.2, 0) is 37.0 Å². The van der Waals surface area contributed by atoms with Crippen LogP contribution in [0.1, 0.15) is 75.9 Å². The summed E-state index contributed by atoms with van der Waals surface area (Å²) in [6.07, 6.45) is -3.79. The Morgan fingerprint density at radius 3 is 2.76 bits per heavy atom. The van der Waals surface area contributed by atoms with Crippen LogP contribution in [0.25, 0.3) is 0 Å². The van der Waals surface area contributed by atoms with E-state index < -0.39 is 29.6 Å². The number of nitrogens with two attached hydrogens (primary N) is 1. The summed E-state index contributed by atoms with van der Waals surface area (Å²) < 4.78 is 71.7. The van der Waals surface area contributed by atoms with E-state index in [1.807, 2.05) is 4.90 Å². The summed E-state index contributed by atoms with van der Waals surface area (Å²) >= 11 is 6.75. The number of hydrogen-bond donors (Lipinski definition) is 1. The zero-order chi connectivity index (χ0) is 34.8. The van der Waals surface area contributed by atoms with Crippen LogP contribution in [-0.4, -0.2) is 87.5 Å². The number of amides is 1. The normalized spacial score (nSPS) is 24.0. The van der Waals surface area contributed by atoms with Crippen molar-refractivity contribution in [2.24, 2.45) is 0 Å². The Hall–Kier alpha value is -3.69. The van der Waals surface area contributed by atoms with Gasteiger partial charge in [0.15, 0.2) is 5.69 Å². The summed E-state index contributed by atoms with van der Waals surface area (Å²) in [5, 5.41) is 4.76. The van der Waals surface area contributed by atoms with Crippen LogP contribution >= 0.6 is 11.6 Å². The fourth-order valence-corrected chi connectivity index (χ4v) is 8.18. The van der Waals surface area contributed by atoms with Crippen molar-refractivity contribution in [2.45, 2.75) is 82.7 Å². The molecule has 49 heavy (non-hydrogen) atoms. The van der Waals surface area contributed by atoms with Gasteiger partial charge in [0.2, 0.25) is 0 Å². The molecule has 16 heteroatoms. The maximum absolute atomic E-state index is 14.5. The fourth-order valence-electron chi connectivity index (χ4n) is 7.90. The van der Waals surface area contributed by atoms with Gasteiger partial charge in [0, 0.05) is 57.8 Å². The van der Waals surface area contributed by atoms with Crippen molar-refractivity contribution in [3.05, 3.63) is 56.5 Å². The third kappa shape index (κ3) is 6.18. The lowest BCUT2D eigenvalue weighted by molar-refractivity contribution is -0.140. The van der Waals surface area contributed by atoms with E-state index in [9.17, 15) is 22.4 Å². The van der Waals surface area contributed by atoms with Crippen molar-refractivity contribution in [3.8, 4) is 6.01 Å². The lowest BCUT2D eigenvalue weighted by Gasteiger charge is -2.33. The predicted octanol–water partition coefficient (Wildman–Crippen LogP) is 5.12. The molecule has 1 amide bonds. The van der Waals surface area contributed by atoms with Gasteiger partial charge in [-0.05, 0) is 56.0 Å². The molecule has 6 heterocycles. The number of nitrogen functional groups attached to an aromatic ring is 1. The number of carbonyl (C=O) groups is 1. The van der Waals surface area contributed by atoms with Gasteiger partial charge in [-0.3, -0.25) is 14.4 Å². The van der Waals surface area contributed by atoms with Crippen LogP contribution < -0.4 is 15.4 Å². The minimum absolute atomic E-state index is 0.0116. The predicted molar refractivity (Wildman–Crippen MR) is 173 cm³/mol. The molecule has 0 bridgehead atoms. The van der Waals surface area contributed by atoms with Crippen molar-refractivity contribution < 1.29 is 31.8 Å². The molecule has 11 nitrogen and oxygen atoms in total. The standard InChI is InChI=1S/C33H39ClF4N8O3/c1-18-10-20(39)11-21(26(18)33(36,37)38)25-12-23-22(16-48-25)29(41-31(40-23)49-17-32-6-4-8-45(32)14-19(35)13-32)44-7-5-9-46-24(15-44)27(34)28(42-46)30(47)43(2)3/h10-11,19,25H,4-9,12-17,39H2,1-3H3/t19-,25?,32?/m1/s1. The molecule has 3 atom stereocenters. The van der Waals surface area contributed by atoms with Crippen molar-refractivity contribution in [2.75, 3.05) is 51.0 Å². The Kier molecular flexibility index (Phi) is 8.67. The van der Waals surface area contributed by atoms with Gasteiger partial charge >= 0.3 is 12.2 Å². The molecule has 2 N–H and O–H groups in total.